The maximum absolute atomic E-state index is 6.08. The lowest BCUT2D eigenvalue weighted by Gasteiger charge is -2.13. The van der Waals surface area contributed by atoms with Crippen molar-refractivity contribution in [3.8, 4) is 17.1 Å². The van der Waals surface area contributed by atoms with Gasteiger partial charge in [0.25, 0.3) is 0 Å². The molecule has 4 nitrogen and oxygen atoms in total. The van der Waals surface area contributed by atoms with Crippen LogP contribution in [0.25, 0.3) is 11.4 Å². The molecule has 0 spiro atoms. The van der Waals surface area contributed by atoms with Crippen molar-refractivity contribution in [2.24, 2.45) is 0 Å². The second kappa shape index (κ2) is 6.57. The molecule has 2 N–H and O–H groups in total. The van der Waals surface area contributed by atoms with Gasteiger partial charge in [-0.25, -0.2) is 9.97 Å². The van der Waals surface area contributed by atoms with E-state index in [1.54, 1.807) is 0 Å². The lowest BCUT2D eigenvalue weighted by Crippen LogP contribution is -2.06. The van der Waals surface area contributed by atoms with Crippen LogP contribution >= 0.6 is 0 Å². The lowest BCUT2D eigenvalue weighted by atomic mass is 10.0. The Kier molecular flexibility index (Phi) is 4.78. The topological polar surface area (TPSA) is 61.0 Å². The number of ether oxygens (including phenoxy) is 1. The minimum atomic E-state index is 0.323. The van der Waals surface area contributed by atoms with E-state index >= 15 is 0 Å². The van der Waals surface area contributed by atoms with Crippen molar-refractivity contribution in [1.29, 1.82) is 0 Å². The third kappa shape index (κ3) is 3.51. The third-order valence-electron chi connectivity index (χ3n) is 3.33. The van der Waals surface area contributed by atoms with Crippen LogP contribution in [-0.4, -0.2) is 16.6 Å². The number of aryl methyl sites for hydroxylation is 1. The first kappa shape index (κ1) is 15.3. The van der Waals surface area contributed by atoms with Gasteiger partial charge in [-0.15, -0.1) is 0 Å². The number of nitrogen functional groups attached to an aromatic ring is 1. The predicted molar refractivity (Wildman–Crippen MR) is 86.5 cm³/mol. The average Bonchev–Trinajstić information content (AvgIpc) is 2.44. The first-order valence-electron chi connectivity index (χ1n) is 7.40. The third-order valence-corrected chi connectivity index (χ3v) is 3.33. The molecule has 0 aliphatic carbocycles. The highest BCUT2D eigenvalue weighted by molar-refractivity contribution is 5.60. The smallest absolute Gasteiger partial charge is 0.161 e. The summed E-state index contributed by atoms with van der Waals surface area (Å²) < 4.78 is 5.58. The minimum Gasteiger partial charge on any atom is -0.494 e. The first-order chi connectivity index (χ1) is 10.0. The van der Waals surface area contributed by atoms with Crippen molar-refractivity contribution in [2.75, 3.05) is 12.3 Å². The molecule has 0 aliphatic rings. The van der Waals surface area contributed by atoms with E-state index in [2.05, 4.69) is 30.7 Å². The Morgan fingerprint density at radius 3 is 2.33 bits per heavy atom. The number of nitrogens with two attached hydrogens (primary N) is 1. The van der Waals surface area contributed by atoms with Gasteiger partial charge in [0, 0.05) is 16.8 Å². The monoisotopic (exact) mass is 285 g/mol. The van der Waals surface area contributed by atoms with Gasteiger partial charge in [0.05, 0.1) is 6.61 Å². The number of nitrogens with zero attached hydrogens (tertiary/aromatic N) is 2. The molecule has 0 saturated heterocycles. The van der Waals surface area contributed by atoms with Gasteiger partial charge in [-0.1, -0.05) is 20.8 Å². The van der Waals surface area contributed by atoms with Crippen LogP contribution in [0.1, 0.15) is 44.4 Å². The van der Waals surface area contributed by atoms with Crippen molar-refractivity contribution in [2.45, 2.75) is 40.0 Å². The Labute approximate surface area is 126 Å². The maximum Gasteiger partial charge on any atom is 0.161 e. The largest absolute Gasteiger partial charge is 0.494 e. The van der Waals surface area contributed by atoms with Crippen molar-refractivity contribution < 1.29 is 4.74 Å². The number of anilines is 1. The van der Waals surface area contributed by atoms with Crippen LogP contribution in [0.2, 0.25) is 0 Å². The van der Waals surface area contributed by atoms with E-state index in [9.17, 15) is 0 Å². The van der Waals surface area contributed by atoms with E-state index in [4.69, 9.17) is 10.5 Å². The van der Waals surface area contributed by atoms with E-state index < -0.39 is 0 Å². The van der Waals surface area contributed by atoms with Crippen molar-refractivity contribution in [3.05, 3.63) is 35.5 Å². The fourth-order valence-electron chi connectivity index (χ4n) is 2.37. The summed E-state index contributed by atoms with van der Waals surface area (Å²) in [5.74, 6) is 2.42. The molecule has 1 heterocycles. The number of hydrogen-bond acceptors (Lipinski definition) is 4. The number of hydrogen-bond donors (Lipinski definition) is 1. The summed E-state index contributed by atoms with van der Waals surface area (Å²) in [5, 5.41) is 0. The van der Waals surface area contributed by atoms with Crippen LogP contribution in [-0.2, 0) is 0 Å². The predicted octanol–water partition coefficient (Wildman–Crippen LogP) is 3.95. The van der Waals surface area contributed by atoms with Gasteiger partial charge < -0.3 is 10.5 Å². The van der Waals surface area contributed by atoms with Crippen molar-refractivity contribution in [3.63, 3.8) is 0 Å². The summed E-state index contributed by atoms with van der Waals surface area (Å²) in [6.45, 7) is 8.99. The fraction of sp³-hybridized carbons (Fsp3) is 0.412. The number of rotatable bonds is 5. The molecule has 0 amide bonds. The van der Waals surface area contributed by atoms with Gasteiger partial charge >= 0.3 is 0 Å². The summed E-state index contributed by atoms with van der Waals surface area (Å²) in [5.41, 5.74) is 9.00. The van der Waals surface area contributed by atoms with Crippen molar-refractivity contribution >= 4 is 5.82 Å². The fourth-order valence-corrected chi connectivity index (χ4v) is 2.37. The Morgan fingerprint density at radius 2 is 1.81 bits per heavy atom. The number of aromatic nitrogens is 2. The summed E-state index contributed by atoms with van der Waals surface area (Å²) in [4.78, 5) is 9.03. The Bertz CT molecular complexity index is 583. The average molecular weight is 285 g/mol. The normalized spacial score (nSPS) is 10.9. The highest BCUT2D eigenvalue weighted by atomic mass is 16.5. The number of benzene rings is 1. The quantitative estimate of drug-likeness (QED) is 0.903. The van der Waals surface area contributed by atoms with Gasteiger partial charge in [-0.2, -0.15) is 0 Å². The molecular formula is C17H23N3O. The van der Waals surface area contributed by atoms with E-state index in [1.165, 1.54) is 0 Å². The van der Waals surface area contributed by atoms with Crippen LogP contribution in [0.4, 0.5) is 5.82 Å². The molecule has 1 aromatic carbocycles. The second-order valence-electron chi connectivity index (χ2n) is 5.46. The van der Waals surface area contributed by atoms with E-state index in [0.29, 0.717) is 17.6 Å². The summed E-state index contributed by atoms with van der Waals surface area (Å²) in [6.07, 6.45) is 0.997. The van der Waals surface area contributed by atoms with Crippen LogP contribution in [0.15, 0.2) is 24.3 Å². The Hall–Kier alpha value is -2.10. The summed E-state index contributed by atoms with van der Waals surface area (Å²) in [6, 6.07) is 7.81. The molecule has 0 unspecified atom stereocenters. The molecule has 0 radical (unpaired) electrons. The molecule has 0 bridgehead atoms. The van der Waals surface area contributed by atoms with Gasteiger partial charge in [-0.05, 0) is 43.5 Å². The highest BCUT2D eigenvalue weighted by Gasteiger charge is 2.13. The van der Waals surface area contributed by atoms with E-state index in [-0.39, 0.29) is 0 Å². The minimum absolute atomic E-state index is 0.323. The zero-order valence-electron chi connectivity index (χ0n) is 13.2. The molecule has 0 aliphatic heterocycles. The van der Waals surface area contributed by atoms with E-state index in [0.717, 1.165) is 35.6 Å². The molecule has 2 rings (SSSR count). The van der Waals surface area contributed by atoms with E-state index in [1.807, 2.05) is 31.2 Å². The van der Waals surface area contributed by atoms with Crippen LogP contribution in [0.5, 0.6) is 5.75 Å². The Morgan fingerprint density at radius 1 is 1.14 bits per heavy atom. The Balaban J connectivity index is 2.30. The van der Waals surface area contributed by atoms with Crippen LogP contribution < -0.4 is 10.5 Å². The van der Waals surface area contributed by atoms with Gasteiger partial charge in [0.2, 0.25) is 0 Å². The zero-order chi connectivity index (χ0) is 15.4. The second-order valence-corrected chi connectivity index (χ2v) is 5.46. The molecule has 0 atom stereocenters. The first-order valence-corrected chi connectivity index (χ1v) is 7.40. The standard InChI is InChI=1S/C17H23N3O/c1-5-10-21-14-8-6-13(7-9-14)17-19-12(4)15(11(2)3)16(18)20-17/h6-9,11H,5,10H2,1-4H3,(H2,18,19,20). The molecule has 0 fully saturated rings. The maximum atomic E-state index is 6.08. The summed E-state index contributed by atoms with van der Waals surface area (Å²) in [7, 11) is 0. The molecule has 21 heavy (non-hydrogen) atoms. The molecular weight excluding hydrogens is 262 g/mol. The van der Waals surface area contributed by atoms with Gasteiger partial charge in [-0.3, -0.25) is 0 Å². The van der Waals surface area contributed by atoms with Crippen LogP contribution in [0.3, 0.4) is 0 Å². The van der Waals surface area contributed by atoms with Gasteiger partial charge in [0.15, 0.2) is 5.82 Å². The van der Waals surface area contributed by atoms with Gasteiger partial charge in [0.1, 0.15) is 11.6 Å². The molecule has 0 saturated carbocycles. The molecule has 1 aromatic heterocycles. The van der Waals surface area contributed by atoms with Crippen LogP contribution in [0, 0.1) is 6.92 Å². The SMILES string of the molecule is CCCOc1ccc(-c2nc(C)c(C(C)C)c(N)n2)cc1. The lowest BCUT2D eigenvalue weighted by molar-refractivity contribution is 0.317. The zero-order valence-corrected chi connectivity index (χ0v) is 13.2. The molecule has 112 valence electrons. The highest BCUT2D eigenvalue weighted by Crippen LogP contribution is 2.27. The molecule has 2 aromatic rings. The molecule has 4 heteroatoms. The summed E-state index contributed by atoms with van der Waals surface area (Å²) >= 11 is 0. The van der Waals surface area contributed by atoms with Crippen molar-refractivity contribution in [1.82, 2.24) is 9.97 Å².